The molecular weight excluding hydrogens is 367 g/mol. The molecule has 3 aromatic rings. The minimum absolute atomic E-state index is 0.206. The number of β-amino-alcohol motifs (C(OH)–C–C–N with tert-alkyl or cyclic N) is 1. The number of fused-ring (bicyclic) bond motifs is 4. The van der Waals surface area contributed by atoms with Crippen LogP contribution in [0.1, 0.15) is 23.2 Å². The summed E-state index contributed by atoms with van der Waals surface area (Å²) in [5, 5.41) is 23.2. The number of aromatic nitrogens is 1. The van der Waals surface area contributed by atoms with Crippen LogP contribution in [0.25, 0.3) is 10.9 Å². The van der Waals surface area contributed by atoms with Gasteiger partial charge in [0.05, 0.1) is 5.60 Å². The van der Waals surface area contributed by atoms with Gasteiger partial charge in [0.15, 0.2) is 0 Å². The first-order valence-electron chi connectivity index (χ1n) is 10.1. The van der Waals surface area contributed by atoms with Gasteiger partial charge in [-0.1, -0.05) is 18.2 Å². The van der Waals surface area contributed by atoms with E-state index in [1.807, 2.05) is 18.2 Å². The van der Waals surface area contributed by atoms with Gasteiger partial charge in [-0.05, 0) is 54.4 Å². The van der Waals surface area contributed by atoms with Crippen molar-refractivity contribution < 1.29 is 14.6 Å². The lowest BCUT2D eigenvalue weighted by Crippen LogP contribution is -2.66. The summed E-state index contributed by atoms with van der Waals surface area (Å²) < 4.78 is 13.8. The number of aliphatic hydroxyl groups is 1. The average molecular weight is 392 g/mol. The molecule has 2 aromatic carbocycles. The Kier molecular flexibility index (Phi) is 4.09. The fourth-order valence-corrected chi connectivity index (χ4v) is 5.55. The van der Waals surface area contributed by atoms with Crippen LogP contribution in [0, 0.1) is 5.82 Å². The number of phenolic OH excluding ortho intramolecular Hbond substituents is 1. The van der Waals surface area contributed by atoms with Crippen LogP contribution in [0.15, 0.2) is 55.1 Å². The van der Waals surface area contributed by atoms with E-state index in [9.17, 15) is 14.6 Å². The monoisotopic (exact) mass is 392 g/mol. The van der Waals surface area contributed by atoms with E-state index in [-0.39, 0.29) is 11.6 Å². The lowest BCUT2D eigenvalue weighted by molar-refractivity contribution is -0.100. The van der Waals surface area contributed by atoms with Crippen molar-refractivity contribution in [3.8, 4) is 5.75 Å². The summed E-state index contributed by atoms with van der Waals surface area (Å²) in [6.45, 7) is 5.95. The van der Waals surface area contributed by atoms with Crippen LogP contribution in [-0.4, -0.2) is 45.3 Å². The zero-order chi connectivity index (χ0) is 20.2. The van der Waals surface area contributed by atoms with Crippen molar-refractivity contribution in [3.63, 3.8) is 0 Å². The number of benzene rings is 2. The topological polar surface area (TPSA) is 59.5 Å². The Labute approximate surface area is 169 Å². The minimum Gasteiger partial charge on any atom is -0.508 e. The van der Waals surface area contributed by atoms with Crippen molar-refractivity contribution in [1.82, 2.24) is 9.88 Å². The predicted octanol–water partition coefficient (Wildman–Crippen LogP) is 3.67. The van der Waals surface area contributed by atoms with Gasteiger partial charge in [-0.3, -0.25) is 4.90 Å². The number of hydrogen-bond donors (Lipinski definition) is 3. The van der Waals surface area contributed by atoms with Crippen LogP contribution in [0.4, 0.5) is 4.39 Å². The molecule has 0 amide bonds. The lowest BCUT2D eigenvalue weighted by Gasteiger charge is -2.56. The first-order chi connectivity index (χ1) is 13.9. The second-order valence-electron chi connectivity index (χ2n) is 8.56. The molecule has 2 aliphatic rings. The SMILES string of the molecule is C=CCN1CC[C@@]2(c3cccc(O)c3)Cc3[nH]c4cc(F)ccc4c3C[C@]2(O)C1. The fraction of sp³-hybridized carbons (Fsp3) is 0.333. The van der Waals surface area contributed by atoms with Gasteiger partial charge in [-0.2, -0.15) is 0 Å². The van der Waals surface area contributed by atoms with Crippen molar-refractivity contribution in [2.75, 3.05) is 19.6 Å². The van der Waals surface area contributed by atoms with Crippen LogP contribution < -0.4 is 0 Å². The second-order valence-corrected chi connectivity index (χ2v) is 8.56. The number of rotatable bonds is 3. The molecule has 150 valence electrons. The molecule has 0 bridgehead atoms. The summed E-state index contributed by atoms with van der Waals surface area (Å²) in [7, 11) is 0. The molecule has 2 heterocycles. The predicted molar refractivity (Wildman–Crippen MR) is 112 cm³/mol. The number of aromatic amines is 1. The zero-order valence-corrected chi connectivity index (χ0v) is 16.3. The Morgan fingerprint density at radius 3 is 2.86 bits per heavy atom. The van der Waals surface area contributed by atoms with E-state index in [1.54, 1.807) is 18.2 Å². The molecule has 0 radical (unpaired) electrons. The fourth-order valence-electron chi connectivity index (χ4n) is 5.55. The van der Waals surface area contributed by atoms with Crippen LogP contribution in [0.2, 0.25) is 0 Å². The molecule has 1 aliphatic heterocycles. The van der Waals surface area contributed by atoms with E-state index >= 15 is 0 Å². The third kappa shape index (κ3) is 2.72. The number of piperidine rings is 1. The van der Waals surface area contributed by atoms with Crippen molar-refractivity contribution in [1.29, 1.82) is 0 Å². The molecule has 0 spiro atoms. The van der Waals surface area contributed by atoms with E-state index in [1.165, 1.54) is 12.1 Å². The van der Waals surface area contributed by atoms with Crippen molar-refractivity contribution in [2.24, 2.45) is 0 Å². The number of nitrogens with zero attached hydrogens (tertiary/aromatic N) is 1. The van der Waals surface area contributed by atoms with Gasteiger partial charge in [0, 0.05) is 47.9 Å². The minimum atomic E-state index is -1.00. The van der Waals surface area contributed by atoms with Gasteiger partial charge in [0.1, 0.15) is 11.6 Å². The molecule has 0 unspecified atom stereocenters. The van der Waals surface area contributed by atoms with Gasteiger partial charge < -0.3 is 15.2 Å². The highest BCUT2D eigenvalue weighted by atomic mass is 19.1. The van der Waals surface area contributed by atoms with E-state index in [0.29, 0.717) is 19.4 Å². The molecule has 29 heavy (non-hydrogen) atoms. The van der Waals surface area contributed by atoms with Gasteiger partial charge in [0.2, 0.25) is 0 Å². The van der Waals surface area contributed by atoms with Gasteiger partial charge in [-0.15, -0.1) is 6.58 Å². The maximum Gasteiger partial charge on any atom is 0.125 e. The molecular formula is C24H25FN2O2. The van der Waals surface area contributed by atoms with Crippen LogP contribution in [-0.2, 0) is 18.3 Å². The van der Waals surface area contributed by atoms with Crippen molar-refractivity contribution >= 4 is 10.9 Å². The van der Waals surface area contributed by atoms with Gasteiger partial charge in [-0.25, -0.2) is 4.39 Å². The molecule has 1 saturated heterocycles. The highest BCUT2D eigenvalue weighted by Gasteiger charge is 2.57. The molecule has 2 atom stereocenters. The van der Waals surface area contributed by atoms with Gasteiger partial charge in [0.25, 0.3) is 0 Å². The second kappa shape index (κ2) is 6.44. The Hall–Kier alpha value is -2.63. The van der Waals surface area contributed by atoms with E-state index < -0.39 is 11.0 Å². The molecule has 1 aliphatic carbocycles. The Morgan fingerprint density at radius 2 is 2.07 bits per heavy atom. The van der Waals surface area contributed by atoms with Crippen LogP contribution in [0.5, 0.6) is 5.75 Å². The molecule has 3 N–H and O–H groups in total. The molecule has 1 fully saturated rings. The average Bonchev–Trinajstić information content (AvgIpc) is 3.01. The third-order valence-corrected chi connectivity index (χ3v) is 6.92. The third-order valence-electron chi connectivity index (χ3n) is 6.92. The first kappa shape index (κ1) is 18.4. The summed E-state index contributed by atoms with van der Waals surface area (Å²) in [5.74, 6) is -0.0654. The summed E-state index contributed by atoms with van der Waals surface area (Å²) >= 11 is 0. The smallest absolute Gasteiger partial charge is 0.125 e. The summed E-state index contributed by atoms with van der Waals surface area (Å²) in [6.07, 6.45) is 3.75. The largest absolute Gasteiger partial charge is 0.508 e. The molecule has 0 saturated carbocycles. The number of likely N-dealkylation sites (tertiary alicyclic amines) is 1. The lowest BCUT2D eigenvalue weighted by atomic mass is 9.56. The van der Waals surface area contributed by atoms with E-state index in [2.05, 4.69) is 16.5 Å². The quantitative estimate of drug-likeness (QED) is 0.596. The molecule has 5 heteroatoms. The Morgan fingerprint density at radius 1 is 1.21 bits per heavy atom. The number of hydrogen-bond acceptors (Lipinski definition) is 3. The number of H-pyrrole nitrogens is 1. The van der Waals surface area contributed by atoms with Crippen molar-refractivity contribution in [3.05, 3.63) is 77.8 Å². The first-order valence-corrected chi connectivity index (χ1v) is 10.1. The van der Waals surface area contributed by atoms with E-state index in [4.69, 9.17) is 0 Å². The molecule has 5 rings (SSSR count). The Balaban J connectivity index is 1.69. The van der Waals surface area contributed by atoms with Crippen LogP contribution in [0.3, 0.4) is 0 Å². The highest BCUT2D eigenvalue weighted by Crippen LogP contribution is 2.51. The maximum atomic E-state index is 13.8. The van der Waals surface area contributed by atoms with Crippen molar-refractivity contribution in [2.45, 2.75) is 30.3 Å². The molecule has 4 nitrogen and oxygen atoms in total. The number of aromatic hydroxyl groups is 1. The number of nitrogens with one attached hydrogen (secondary N) is 1. The summed E-state index contributed by atoms with van der Waals surface area (Å²) in [5.41, 5.74) is 2.32. The van der Waals surface area contributed by atoms with E-state index in [0.717, 1.165) is 47.2 Å². The van der Waals surface area contributed by atoms with Crippen LogP contribution >= 0.6 is 0 Å². The van der Waals surface area contributed by atoms with Gasteiger partial charge >= 0.3 is 0 Å². The standard InChI is InChI=1S/C24H25FN2O2/c1-2-9-27-10-8-23(16-4-3-5-18(28)11-16)14-22-20(13-24(23,29)15-27)19-7-6-17(25)12-21(19)26-22/h2-7,11-12,26,28-29H,1,8-10,13-15H2/t23-,24-/m0/s1. The molecule has 1 aromatic heterocycles. The summed E-state index contributed by atoms with van der Waals surface area (Å²) in [6, 6.07) is 12.1. The maximum absolute atomic E-state index is 13.8. The number of phenols is 1. The zero-order valence-electron chi connectivity index (χ0n) is 16.3. The normalized spacial score (nSPS) is 26.8. The number of halogens is 1. The summed E-state index contributed by atoms with van der Waals surface area (Å²) in [4.78, 5) is 5.64. The highest BCUT2D eigenvalue weighted by molar-refractivity contribution is 5.85. The Bertz CT molecular complexity index is 1110.